The van der Waals surface area contributed by atoms with Crippen molar-refractivity contribution in [2.75, 3.05) is 10.6 Å². The van der Waals surface area contributed by atoms with Crippen LogP contribution >= 0.6 is 11.3 Å². The molecule has 1 aromatic heterocycles. The monoisotopic (exact) mass is 464 g/mol. The average Bonchev–Trinajstić information content (AvgIpc) is 3.21. The zero-order valence-corrected chi connectivity index (χ0v) is 19.5. The van der Waals surface area contributed by atoms with E-state index in [4.69, 9.17) is 0 Å². The molecule has 0 aliphatic rings. The molecule has 4 rings (SSSR count). The number of sulfonamides is 1. The van der Waals surface area contributed by atoms with E-state index in [1.165, 1.54) is 21.9 Å². The summed E-state index contributed by atoms with van der Waals surface area (Å²) in [4.78, 5) is 13.4. The molecule has 4 aromatic rings. The molecule has 164 valence electrons. The van der Waals surface area contributed by atoms with Crippen LogP contribution in [-0.4, -0.2) is 20.6 Å². The van der Waals surface area contributed by atoms with E-state index in [1.807, 2.05) is 85.8 Å². The number of amides is 1. The van der Waals surface area contributed by atoms with Crippen LogP contribution in [0.3, 0.4) is 0 Å². The molecule has 7 heteroatoms. The van der Waals surface area contributed by atoms with Gasteiger partial charge in [0.1, 0.15) is 0 Å². The minimum atomic E-state index is -3.48. The Bertz CT molecular complexity index is 1330. The van der Waals surface area contributed by atoms with E-state index in [0.29, 0.717) is 10.6 Å². The maximum Gasteiger partial charge on any atom is 0.261 e. The third kappa shape index (κ3) is 5.00. The molecule has 5 nitrogen and oxygen atoms in total. The molecular weight excluding hydrogens is 440 g/mol. The van der Waals surface area contributed by atoms with E-state index in [-0.39, 0.29) is 18.5 Å². The first-order valence-electron chi connectivity index (χ1n) is 10.2. The van der Waals surface area contributed by atoms with Crippen molar-refractivity contribution >= 4 is 43.0 Å². The second-order valence-corrected chi connectivity index (χ2v) is 10.7. The summed E-state index contributed by atoms with van der Waals surface area (Å²) in [5.74, 6) is -0.145. The first-order chi connectivity index (χ1) is 15.3. The molecule has 0 aliphatic carbocycles. The van der Waals surface area contributed by atoms with Crippen LogP contribution in [0.4, 0.5) is 5.69 Å². The Labute approximate surface area is 192 Å². The SMILES string of the molecule is C[C@@H](NC(=O)c1cc2cc(N(Cc3ccccc3)S(C)(=O)=O)ccc2s1)c1ccccc1. The Kier molecular flexibility index (Phi) is 6.30. The van der Waals surface area contributed by atoms with Crippen LogP contribution in [-0.2, 0) is 16.6 Å². The quantitative estimate of drug-likeness (QED) is 0.400. The molecule has 0 aliphatic heterocycles. The highest BCUT2D eigenvalue weighted by molar-refractivity contribution is 7.92. The molecule has 0 unspecified atom stereocenters. The van der Waals surface area contributed by atoms with Crippen molar-refractivity contribution in [3.63, 3.8) is 0 Å². The number of nitrogens with one attached hydrogen (secondary N) is 1. The molecule has 0 spiro atoms. The molecule has 32 heavy (non-hydrogen) atoms. The summed E-state index contributed by atoms with van der Waals surface area (Å²) < 4.78 is 27.3. The first kappa shape index (κ1) is 22.0. The lowest BCUT2D eigenvalue weighted by Crippen LogP contribution is -2.29. The fourth-order valence-corrected chi connectivity index (χ4v) is 5.37. The van der Waals surface area contributed by atoms with Gasteiger partial charge in [0.25, 0.3) is 5.91 Å². The van der Waals surface area contributed by atoms with Gasteiger partial charge in [-0.05, 0) is 47.7 Å². The predicted molar refractivity (Wildman–Crippen MR) is 132 cm³/mol. The van der Waals surface area contributed by atoms with Crippen molar-refractivity contribution in [1.82, 2.24) is 5.32 Å². The highest BCUT2D eigenvalue weighted by Gasteiger charge is 2.20. The number of fused-ring (bicyclic) bond motifs is 1. The summed E-state index contributed by atoms with van der Waals surface area (Å²) in [5.41, 5.74) is 2.51. The lowest BCUT2D eigenvalue weighted by atomic mass is 10.1. The van der Waals surface area contributed by atoms with Crippen LogP contribution in [0.1, 0.15) is 33.8 Å². The van der Waals surface area contributed by atoms with Crippen LogP contribution in [0.25, 0.3) is 10.1 Å². The summed E-state index contributed by atoms with van der Waals surface area (Å²) in [7, 11) is -3.48. The van der Waals surface area contributed by atoms with Gasteiger partial charge in [-0.3, -0.25) is 9.10 Å². The summed E-state index contributed by atoms with van der Waals surface area (Å²) in [6, 6.07) is 26.5. The number of nitrogens with zero attached hydrogens (tertiary/aromatic N) is 1. The Balaban J connectivity index is 1.59. The first-order valence-corrected chi connectivity index (χ1v) is 12.9. The largest absolute Gasteiger partial charge is 0.345 e. The van der Waals surface area contributed by atoms with Gasteiger partial charge in [-0.2, -0.15) is 0 Å². The van der Waals surface area contributed by atoms with Crippen molar-refractivity contribution in [2.24, 2.45) is 0 Å². The van der Waals surface area contributed by atoms with Gasteiger partial charge in [0.2, 0.25) is 10.0 Å². The maximum absolute atomic E-state index is 12.8. The van der Waals surface area contributed by atoms with Gasteiger partial charge in [-0.1, -0.05) is 60.7 Å². The van der Waals surface area contributed by atoms with E-state index >= 15 is 0 Å². The number of thiophene rings is 1. The van der Waals surface area contributed by atoms with E-state index in [9.17, 15) is 13.2 Å². The Morgan fingerprint density at radius 1 is 0.969 bits per heavy atom. The van der Waals surface area contributed by atoms with Gasteiger partial charge in [0, 0.05) is 4.70 Å². The third-order valence-corrected chi connectivity index (χ3v) is 7.48. The molecule has 0 fully saturated rings. The van der Waals surface area contributed by atoms with Crippen LogP contribution in [0.15, 0.2) is 84.9 Å². The molecule has 1 amide bonds. The number of hydrogen-bond donors (Lipinski definition) is 1. The molecule has 1 heterocycles. The summed E-state index contributed by atoms with van der Waals surface area (Å²) in [6.45, 7) is 2.20. The number of carbonyl (C=O) groups is 1. The minimum absolute atomic E-state index is 0.115. The van der Waals surface area contributed by atoms with Gasteiger partial charge >= 0.3 is 0 Å². The molecule has 0 radical (unpaired) electrons. The van der Waals surface area contributed by atoms with E-state index in [1.54, 1.807) is 6.07 Å². The van der Waals surface area contributed by atoms with Crippen molar-refractivity contribution in [2.45, 2.75) is 19.5 Å². The van der Waals surface area contributed by atoms with Crippen LogP contribution in [0, 0.1) is 0 Å². The number of hydrogen-bond acceptors (Lipinski definition) is 4. The highest BCUT2D eigenvalue weighted by atomic mass is 32.2. The van der Waals surface area contributed by atoms with E-state index < -0.39 is 10.0 Å². The second-order valence-electron chi connectivity index (χ2n) is 7.69. The van der Waals surface area contributed by atoms with Crippen LogP contribution in [0.2, 0.25) is 0 Å². The lowest BCUT2D eigenvalue weighted by molar-refractivity contribution is 0.0944. The number of rotatable bonds is 7. The Morgan fingerprint density at radius 3 is 2.28 bits per heavy atom. The predicted octanol–water partition coefficient (Wildman–Crippen LogP) is 5.36. The van der Waals surface area contributed by atoms with E-state index in [0.717, 1.165) is 21.2 Å². The van der Waals surface area contributed by atoms with E-state index in [2.05, 4.69) is 5.32 Å². The standard InChI is InChI=1S/C25H24N2O3S2/c1-18(20-11-7-4-8-12-20)26-25(28)24-16-21-15-22(13-14-23(21)31-24)27(32(2,29)30)17-19-9-5-3-6-10-19/h3-16,18H,17H2,1-2H3,(H,26,28)/t18-/m1/s1. The van der Waals surface area contributed by atoms with Gasteiger partial charge in [-0.25, -0.2) is 8.42 Å². The molecule has 0 bridgehead atoms. The summed E-state index contributed by atoms with van der Waals surface area (Å²) in [5, 5.41) is 3.87. The number of carbonyl (C=O) groups excluding carboxylic acids is 1. The van der Waals surface area contributed by atoms with Crippen molar-refractivity contribution < 1.29 is 13.2 Å². The molecule has 1 atom stereocenters. The fourth-order valence-electron chi connectivity index (χ4n) is 3.54. The maximum atomic E-state index is 12.8. The van der Waals surface area contributed by atoms with Gasteiger partial charge in [0.15, 0.2) is 0 Å². The molecular formula is C25H24N2O3S2. The summed E-state index contributed by atoms with van der Waals surface area (Å²) in [6.07, 6.45) is 1.21. The minimum Gasteiger partial charge on any atom is -0.345 e. The smallest absolute Gasteiger partial charge is 0.261 e. The topological polar surface area (TPSA) is 66.5 Å². The van der Waals surface area contributed by atoms with Crippen molar-refractivity contribution in [3.8, 4) is 0 Å². The van der Waals surface area contributed by atoms with Crippen LogP contribution < -0.4 is 9.62 Å². The zero-order valence-electron chi connectivity index (χ0n) is 17.9. The highest BCUT2D eigenvalue weighted by Crippen LogP contribution is 2.31. The average molecular weight is 465 g/mol. The van der Waals surface area contributed by atoms with Gasteiger partial charge < -0.3 is 5.32 Å². The fraction of sp³-hybridized carbons (Fsp3) is 0.160. The molecule has 0 saturated carbocycles. The van der Waals surface area contributed by atoms with Gasteiger partial charge in [0.05, 0.1) is 29.4 Å². The van der Waals surface area contributed by atoms with Crippen molar-refractivity contribution in [1.29, 1.82) is 0 Å². The molecule has 1 N–H and O–H groups in total. The number of benzene rings is 3. The summed E-state index contributed by atoms with van der Waals surface area (Å²) >= 11 is 1.39. The van der Waals surface area contributed by atoms with Gasteiger partial charge in [-0.15, -0.1) is 11.3 Å². The Hall–Kier alpha value is -3.16. The second kappa shape index (κ2) is 9.14. The molecule has 0 saturated heterocycles. The van der Waals surface area contributed by atoms with Crippen molar-refractivity contribution in [3.05, 3.63) is 101 Å². The molecule has 3 aromatic carbocycles. The zero-order chi connectivity index (χ0) is 22.7. The van der Waals surface area contributed by atoms with Crippen LogP contribution in [0.5, 0.6) is 0 Å². The number of anilines is 1. The lowest BCUT2D eigenvalue weighted by Gasteiger charge is -2.22. The Morgan fingerprint density at radius 2 is 1.62 bits per heavy atom. The third-order valence-electron chi connectivity index (χ3n) is 5.23. The normalized spacial score (nSPS) is 12.4.